The van der Waals surface area contributed by atoms with Gasteiger partial charge in [0.15, 0.2) is 0 Å². The van der Waals surface area contributed by atoms with Gasteiger partial charge in [0.1, 0.15) is 11.2 Å². The minimum absolute atomic E-state index is 0.865. The molecule has 284 valence electrons. The number of rotatable bonds is 5. The molecule has 13 rings (SSSR count). The highest BCUT2D eigenvalue weighted by Crippen LogP contribution is 2.46. The molecule has 0 N–H and O–H groups in total. The largest absolute Gasteiger partial charge is 0.456 e. The molecule has 61 heavy (non-hydrogen) atoms. The molecule has 0 fully saturated rings. The Morgan fingerprint density at radius 2 is 0.885 bits per heavy atom. The fourth-order valence-electron chi connectivity index (χ4n) is 10.0. The number of furan rings is 1. The summed E-state index contributed by atoms with van der Waals surface area (Å²) in [7, 11) is 0. The Hall–Kier alpha value is -8.14. The summed E-state index contributed by atoms with van der Waals surface area (Å²) in [4.78, 5) is 2.35. The number of hydrogen-bond acceptors (Lipinski definition) is 2. The van der Waals surface area contributed by atoms with E-state index in [1.165, 1.54) is 70.5 Å². The minimum Gasteiger partial charge on any atom is -0.456 e. The molecule has 0 aliphatic heterocycles. The SMILES string of the molecule is c1ccc(-c2cc3ccccc3c3c2c2ccc(N(c4ccccc4)c4ccc5c(c4)oc4ccccc45)cc2n3-c2ccc3c4ccccc4c4ccccc4c3c2)cc1. The van der Waals surface area contributed by atoms with Crippen molar-refractivity contribution in [2.45, 2.75) is 0 Å². The van der Waals surface area contributed by atoms with Gasteiger partial charge in [-0.1, -0.05) is 152 Å². The molecule has 0 radical (unpaired) electrons. The van der Waals surface area contributed by atoms with Gasteiger partial charge in [0.2, 0.25) is 0 Å². The van der Waals surface area contributed by atoms with E-state index in [-0.39, 0.29) is 0 Å². The molecule has 3 heteroatoms. The average Bonchev–Trinajstić information content (AvgIpc) is 3.88. The van der Waals surface area contributed by atoms with Crippen LogP contribution >= 0.6 is 0 Å². The predicted molar refractivity (Wildman–Crippen MR) is 258 cm³/mol. The van der Waals surface area contributed by atoms with Crippen molar-refractivity contribution in [2.24, 2.45) is 0 Å². The molecule has 0 aliphatic carbocycles. The van der Waals surface area contributed by atoms with E-state index in [0.717, 1.165) is 50.2 Å². The van der Waals surface area contributed by atoms with Crippen LogP contribution in [-0.4, -0.2) is 4.57 Å². The van der Waals surface area contributed by atoms with E-state index in [9.17, 15) is 0 Å². The third-order valence-electron chi connectivity index (χ3n) is 12.7. The maximum absolute atomic E-state index is 6.46. The maximum atomic E-state index is 6.46. The number of para-hydroxylation sites is 2. The lowest BCUT2D eigenvalue weighted by Gasteiger charge is -2.25. The monoisotopic (exact) mass is 776 g/mol. The van der Waals surface area contributed by atoms with Crippen LogP contribution in [0.15, 0.2) is 223 Å². The third kappa shape index (κ3) is 5.11. The van der Waals surface area contributed by atoms with Crippen LogP contribution in [0.1, 0.15) is 0 Å². The Labute approximate surface area is 351 Å². The van der Waals surface area contributed by atoms with Gasteiger partial charge < -0.3 is 13.9 Å². The summed E-state index contributed by atoms with van der Waals surface area (Å²) in [6.45, 7) is 0. The van der Waals surface area contributed by atoms with E-state index in [0.29, 0.717) is 0 Å². The van der Waals surface area contributed by atoms with E-state index in [1.54, 1.807) is 0 Å². The van der Waals surface area contributed by atoms with Crippen molar-refractivity contribution in [3.05, 3.63) is 218 Å². The van der Waals surface area contributed by atoms with E-state index in [1.807, 2.05) is 12.1 Å². The first-order valence-electron chi connectivity index (χ1n) is 20.9. The molecular formula is C58H36N2O. The first-order chi connectivity index (χ1) is 30.3. The van der Waals surface area contributed by atoms with Crippen LogP contribution in [0.3, 0.4) is 0 Å². The summed E-state index contributed by atoms with van der Waals surface area (Å²) in [5, 5.41) is 14.7. The standard InChI is InChI=1S/C58H36N2O/c1-3-15-37(16-4-1)52-33-38-17-7-8-20-43(38)58-57(52)51-32-29-41(59(39-18-5-2-6-19-39)42-28-31-50-49-25-13-14-26-55(49)61-56(50)36-42)35-54(51)60(58)40-27-30-48-46-23-10-9-21-44(46)45-22-11-12-24-47(45)53(48)34-40/h1-36H. The van der Waals surface area contributed by atoms with Gasteiger partial charge in [0.25, 0.3) is 0 Å². The third-order valence-corrected chi connectivity index (χ3v) is 12.7. The van der Waals surface area contributed by atoms with Gasteiger partial charge in [-0.05, 0) is 109 Å². The molecule has 0 saturated heterocycles. The number of aromatic nitrogens is 1. The second-order valence-electron chi connectivity index (χ2n) is 16.0. The fourth-order valence-corrected chi connectivity index (χ4v) is 10.0. The van der Waals surface area contributed by atoms with E-state index >= 15 is 0 Å². The van der Waals surface area contributed by atoms with Crippen LogP contribution in [0, 0.1) is 0 Å². The smallest absolute Gasteiger partial charge is 0.137 e. The van der Waals surface area contributed by atoms with E-state index in [2.05, 4.69) is 216 Å². The first kappa shape index (κ1) is 33.8. The summed E-state index contributed by atoms with van der Waals surface area (Å²) in [5.41, 5.74) is 10.8. The molecule has 0 saturated carbocycles. The lowest BCUT2D eigenvalue weighted by atomic mass is 9.94. The molecular weight excluding hydrogens is 741 g/mol. The van der Waals surface area contributed by atoms with Gasteiger partial charge in [0, 0.05) is 55.7 Å². The Bertz CT molecular complexity index is 3840. The first-order valence-corrected chi connectivity index (χ1v) is 20.9. The fraction of sp³-hybridized carbons (Fsp3) is 0. The number of fused-ring (bicyclic) bond motifs is 14. The highest BCUT2D eigenvalue weighted by molar-refractivity contribution is 6.27. The normalized spacial score (nSPS) is 11.9. The predicted octanol–water partition coefficient (Wildman–Crippen LogP) is 16.4. The summed E-state index contributed by atoms with van der Waals surface area (Å²) >= 11 is 0. The van der Waals surface area contributed by atoms with Gasteiger partial charge in [-0.25, -0.2) is 0 Å². The minimum atomic E-state index is 0.865. The second kappa shape index (κ2) is 13.2. The van der Waals surface area contributed by atoms with Crippen molar-refractivity contribution in [3.63, 3.8) is 0 Å². The van der Waals surface area contributed by atoms with Crippen LogP contribution in [0.4, 0.5) is 17.1 Å². The van der Waals surface area contributed by atoms with Gasteiger partial charge in [-0.2, -0.15) is 0 Å². The van der Waals surface area contributed by atoms with Gasteiger partial charge in [0.05, 0.1) is 11.0 Å². The lowest BCUT2D eigenvalue weighted by Crippen LogP contribution is -2.10. The van der Waals surface area contributed by atoms with Crippen LogP contribution in [0.2, 0.25) is 0 Å². The zero-order valence-corrected chi connectivity index (χ0v) is 33.1. The van der Waals surface area contributed by atoms with Crippen LogP contribution in [-0.2, 0) is 0 Å². The summed E-state index contributed by atoms with van der Waals surface area (Å²) < 4.78 is 8.99. The van der Waals surface area contributed by atoms with Crippen molar-refractivity contribution in [1.29, 1.82) is 0 Å². The van der Waals surface area contributed by atoms with Gasteiger partial charge in [-0.15, -0.1) is 0 Å². The van der Waals surface area contributed by atoms with Crippen molar-refractivity contribution in [2.75, 3.05) is 4.90 Å². The molecule has 2 heterocycles. The lowest BCUT2D eigenvalue weighted by molar-refractivity contribution is 0.669. The number of benzene rings is 11. The van der Waals surface area contributed by atoms with Gasteiger partial charge in [-0.3, -0.25) is 0 Å². The quantitative estimate of drug-likeness (QED) is 0.162. The average molecular weight is 777 g/mol. The molecule has 13 aromatic rings. The maximum Gasteiger partial charge on any atom is 0.137 e. The Kier molecular flexibility index (Phi) is 7.31. The highest BCUT2D eigenvalue weighted by Gasteiger charge is 2.23. The Morgan fingerprint density at radius 3 is 1.62 bits per heavy atom. The molecule has 0 aliphatic rings. The van der Waals surface area contributed by atoms with Crippen LogP contribution in [0.25, 0.3) is 104 Å². The molecule has 0 bridgehead atoms. The van der Waals surface area contributed by atoms with Crippen molar-refractivity contribution >= 4 is 104 Å². The summed E-state index contributed by atoms with van der Waals surface area (Å²) in [5.74, 6) is 0. The van der Waals surface area contributed by atoms with E-state index in [4.69, 9.17) is 4.42 Å². The second-order valence-corrected chi connectivity index (χ2v) is 16.0. The Morgan fingerprint density at radius 1 is 0.344 bits per heavy atom. The highest BCUT2D eigenvalue weighted by atomic mass is 16.3. The number of nitrogens with zero attached hydrogens (tertiary/aromatic N) is 2. The molecule has 11 aromatic carbocycles. The van der Waals surface area contributed by atoms with E-state index < -0.39 is 0 Å². The van der Waals surface area contributed by atoms with Crippen LogP contribution in [0.5, 0.6) is 0 Å². The molecule has 0 amide bonds. The molecule has 0 atom stereocenters. The summed E-state index contributed by atoms with van der Waals surface area (Å²) in [6.07, 6.45) is 0. The van der Waals surface area contributed by atoms with Crippen molar-refractivity contribution in [1.82, 2.24) is 4.57 Å². The van der Waals surface area contributed by atoms with Crippen LogP contribution < -0.4 is 4.90 Å². The molecule has 3 nitrogen and oxygen atoms in total. The zero-order valence-electron chi connectivity index (χ0n) is 33.1. The molecule has 2 aromatic heterocycles. The van der Waals surface area contributed by atoms with Crippen molar-refractivity contribution in [3.8, 4) is 16.8 Å². The van der Waals surface area contributed by atoms with Gasteiger partial charge >= 0.3 is 0 Å². The Balaban J connectivity index is 1.15. The zero-order chi connectivity index (χ0) is 40.0. The molecule has 0 unspecified atom stereocenters. The number of hydrogen-bond donors (Lipinski definition) is 0. The topological polar surface area (TPSA) is 21.3 Å². The summed E-state index contributed by atoms with van der Waals surface area (Å²) in [6, 6.07) is 79.4. The molecule has 0 spiro atoms. The number of anilines is 3. The van der Waals surface area contributed by atoms with Crippen molar-refractivity contribution < 1.29 is 4.42 Å².